The zero-order chi connectivity index (χ0) is 24.9. The number of fused-ring (bicyclic) bond motifs is 1. The predicted octanol–water partition coefficient (Wildman–Crippen LogP) is 2.21. The Morgan fingerprint density at radius 3 is 2.71 bits per heavy atom. The van der Waals surface area contributed by atoms with Crippen LogP contribution in [0.5, 0.6) is 0 Å². The molecule has 0 bridgehead atoms. The largest absolute Gasteiger partial charge is 0.383 e. The lowest BCUT2D eigenvalue weighted by molar-refractivity contribution is 0.0986. The molecule has 1 atom stereocenters. The van der Waals surface area contributed by atoms with E-state index in [1.165, 1.54) is 11.0 Å². The number of nitrogens with zero attached hydrogens (tertiary/aromatic N) is 7. The smallest absolute Gasteiger partial charge is 0.286 e. The first-order valence-electron chi connectivity index (χ1n) is 11.1. The number of benzene rings is 1. The van der Waals surface area contributed by atoms with E-state index in [0.717, 1.165) is 12.8 Å². The summed E-state index contributed by atoms with van der Waals surface area (Å²) >= 11 is 6.35. The first-order chi connectivity index (χ1) is 16.8. The molecule has 3 aromatic heterocycles. The highest BCUT2D eigenvalue weighted by atomic mass is 35.5. The number of halogens is 1. The molecule has 0 saturated heterocycles. The fraction of sp³-hybridized carbons (Fsp3) is 0.318. The maximum atomic E-state index is 13.5. The highest BCUT2D eigenvalue weighted by Crippen LogP contribution is 2.38. The summed E-state index contributed by atoms with van der Waals surface area (Å²) in [6, 6.07) is 4.89. The van der Waals surface area contributed by atoms with Crippen molar-refractivity contribution in [1.82, 2.24) is 34.3 Å². The first kappa shape index (κ1) is 22.7. The Morgan fingerprint density at radius 2 is 2.06 bits per heavy atom. The minimum absolute atomic E-state index is 0.0307. The van der Waals surface area contributed by atoms with Crippen molar-refractivity contribution in [3.63, 3.8) is 0 Å². The number of aryl methyl sites for hydroxylation is 1. The van der Waals surface area contributed by atoms with E-state index in [0.29, 0.717) is 39.6 Å². The molecule has 5 N–H and O–H groups in total. The second kappa shape index (κ2) is 8.62. The number of hydrogen-bond donors (Lipinski definition) is 3. The molecule has 13 heteroatoms. The van der Waals surface area contributed by atoms with Gasteiger partial charge in [0.1, 0.15) is 29.4 Å². The van der Waals surface area contributed by atoms with Gasteiger partial charge in [-0.15, -0.1) is 0 Å². The molecule has 0 spiro atoms. The van der Waals surface area contributed by atoms with Crippen LogP contribution in [0.3, 0.4) is 0 Å². The van der Waals surface area contributed by atoms with E-state index in [1.54, 1.807) is 29.8 Å². The van der Waals surface area contributed by atoms with E-state index in [9.17, 15) is 9.59 Å². The quantitative estimate of drug-likeness (QED) is 0.348. The molecule has 0 aliphatic heterocycles. The summed E-state index contributed by atoms with van der Waals surface area (Å²) in [5.74, 6) is 0.428. The monoisotopic (exact) mass is 494 g/mol. The zero-order valence-corrected chi connectivity index (χ0v) is 19.8. The van der Waals surface area contributed by atoms with Gasteiger partial charge in [0, 0.05) is 13.1 Å². The Labute approximate surface area is 204 Å². The van der Waals surface area contributed by atoms with E-state index >= 15 is 0 Å². The van der Waals surface area contributed by atoms with E-state index in [2.05, 4.69) is 25.4 Å². The number of aromatic nitrogens is 7. The molecule has 1 fully saturated rings. The summed E-state index contributed by atoms with van der Waals surface area (Å²) < 4.78 is 2.99. The molecule has 1 saturated carbocycles. The predicted molar refractivity (Wildman–Crippen MR) is 131 cm³/mol. The zero-order valence-electron chi connectivity index (χ0n) is 19.1. The van der Waals surface area contributed by atoms with Crippen molar-refractivity contribution in [2.24, 2.45) is 12.8 Å². The van der Waals surface area contributed by atoms with Crippen LogP contribution in [0.2, 0.25) is 5.02 Å². The van der Waals surface area contributed by atoms with Gasteiger partial charge in [-0.05, 0) is 31.4 Å². The van der Waals surface area contributed by atoms with Gasteiger partial charge in [-0.1, -0.05) is 24.6 Å². The van der Waals surface area contributed by atoms with E-state index < -0.39 is 11.9 Å². The minimum Gasteiger partial charge on any atom is -0.383 e. The van der Waals surface area contributed by atoms with Crippen LogP contribution in [0.4, 0.5) is 11.6 Å². The van der Waals surface area contributed by atoms with E-state index in [4.69, 9.17) is 28.1 Å². The highest BCUT2D eigenvalue weighted by Gasteiger charge is 2.32. The molecule has 4 aromatic rings. The Bertz CT molecular complexity index is 1520. The molecule has 0 radical (unpaired) electrons. The summed E-state index contributed by atoms with van der Waals surface area (Å²) in [5.41, 5.74) is 12.2. The molecule has 35 heavy (non-hydrogen) atoms. The lowest BCUT2D eigenvalue weighted by Crippen LogP contribution is -2.29. The molecule has 1 aromatic carbocycles. The Balaban J connectivity index is 1.63. The maximum absolute atomic E-state index is 13.5. The van der Waals surface area contributed by atoms with Crippen molar-refractivity contribution in [2.45, 2.75) is 38.3 Å². The average molecular weight is 495 g/mol. The second-order valence-electron chi connectivity index (χ2n) is 8.34. The number of anilines is 2. The molecule has 5 rings (SSSR count). The number of nitrogens with one attached hydrogen (secondary N) is 1. The van der Waals surface area contributed by atoms with E-state index in [1.807, 2.05) is 6.92 Å². The number of carbonyl (C=O) groups is 1. The Morgan fingerprint density at radius 1 is 1.29 bits per heavy atom. The van der Waals surface area contributed by atoms with Crippen LogP contribution < -0.4 is 22.3 Å². The van der Waals surface area contributed by atoms with Crippen LogP contribution in [-0.4, -0.2) is 40.2 Å². The first-order valence-corrected chi connectivity index (χ1v) is 11.5. The number of nitrogens with two attached hydrogens (primary N) is 2. The second-order valence-corrected chi connectivity index (χ2v) is 8.75. The molecule has 0 unspecified atom stereocenters. The highest BCUT2D eigenvalue weighted by molar-refractivity contribution is 6.35. The number of amides is 1. The summed E-state index contributed by atoms with van der Waals surface area (Å²) in [5, 5.41) is 8.40. The lowest BCUT2D eigenvalue weighted by Gasteiger charge is -2.23. The molecule has 1 aliphatic carbocycles. The maximum Gasteiger partial charge on any atom is 0.286 e. The lowest BCUT2D eigenvalue weighted by atomic mass is 10.1. The summed E-state index contributed by atoms with van der Waals surface area (Å²) in [6.45, 7) is 1.97. The van der Waals surface area contributed by atoms with Crippen LogP contribution in [-0.2, 0) is 7.05 Å². The molecular formula is C22H23ClN10O2. The van der Waals surface area contributed by atoms with Gasteiger partial charge < -0.3 is 16.8 Å². The van der Waals surface area contributed by atoms with Gasteiger partial charge in [0.2, 0.25) is 5.82 Å². The van der Waals surface area contributed by atoms with Gasteiger partial charge in [-0.2, -0.15) is 5.10 Å². The third-order valence-corrected chi connectivity index (χ3v) is 6.25. The van der Waals surface area contributed by atoms with Crippen LogP contribution in [0.1, 0.15) is 54.7 Å². The van der Waals surface area contributed by atoms with Crippen molar-refractivity contribution in [1.29, 1.82) is 0 Å². The number of nitrogen functional groups attached to an aromatic ring is 1. The normalized spacial score (nSPS) is 14.3. The molecule has 1 aliphatic rings. The number of carbonyl (C=O) groups excluding carboxylic acids is 1. The fourth-order valence-corrected chi connectivity index (χ4v) is 4.35. The Kier molecular flexibility index (Phi) is 5.59. The summed E-state index contributed by atoms with van der Waals surface area (Å²) in [4.78, 5) is 42.6. The van der Waals surface area contributed by atoms with Gasteiger partial charge in [-0.25, -0.2) is 24.6 Å². The van der Waals surface area contributed by atoms with Gasteiger partial charge >= 0.3 is 0 Å². The number of primary amides is 1. The molecule has 3 heterocycles. The molecule has 1 amide bonds. The molecule has 180 valence electrons. The standard InChI is InChI=1S/C22H23ClN10O2/c1-3-12(20-29-13-6-4-5-11(23)14(13)22(35)33(20)10-7-8-10)28-18-15(16(24)26-9-27-18)19-30-21(17(25)34)32(2)31-19/h4-6,9-10,12H,3,7-8H2,1-2H3,(H2,25,34)(H3,24,26,27,28)/t12-/m0/s1. The topological polar surface area (TPSA) is 173 Å². The van der Waals surface area contributed by atoms with Crippen molar-refractivity contribution in [3.8, 4) is 11.4 Å². The minimum atomic E-state index is -0.727. The third-order valence-electron chi connectivity index (χ3n) is 5.93. The third kappa shape index (κ3) is 3.95. The van der Waals surface area contributed by atoms with Crippen molar-refractivity contribution in [2.75, 3.05) is 11.1 Å². The van der Waals surface area contributed by atoms with Crippen LogP contribution >= 0.6 is 11.6 Å². The van der Waals surface area contributed by atoms with Crippen LogP contribution in [0.25, 0.3) is 22.3 Å². The number of hydrogen-bond acceptors (Lipinski definition) is 9. The SMILES string of the molecule is CC[C@H](Nc1ncnc(N)c1-c1nc(C(N)=O)n(C)n1)c1nc2cccc(Cl)c2c(=O)n1C1CC1. The average Bonchev–Trinajstić information content (AvgIpc) is 3.57. The van der Waals surface area contributed by atoms with Gasteiger partial charge in [0.25, 0.3) is 11.5 Å². The fourth-order valence-electron chi connectivity index (χ4n) is 4.10. The van der Waals surface area contributed by atoms with Crippen LogP contribution in [0.15, 0.2) is 29.3 Å². The number of rotatable bonds is 7. The molecular weight excluding hydrogens is 472 g/mol. The van der Waals surface area contributed by atoms with Gasteiger partial charge in [-0.3, -0.25) is 14.2 Å². The Hall–Kier alpha value is -4.06. The van der Waals surface area contributed by atoms with Crippen molar-refractivity contribution in [3.05, 3.63) is 51.6 Å². The summed E-state index contributed by atoms with van der Waals surface area (Å²) in [6.07, 6.45) is 3.67. The molecule has 12 nitrogen and oxygen atoms in total. The van der Waals surface area contributed by atoms with E-state index in [-0.39, 0.29) is 29.1 Å². The van der Waals surface area contributed by atoms with Crippen molar-refractivity contribution >= 4 is 40.0 Å². The van der Waals surface area contributed by atoms with Crippen LogP contribution in [0, 0.1) is 0 Å². The van der Waals surface area contributed by atoms with Crippen molar-refractivity contribution < 1.29 is 4.79 Å². The van der Waals surface area contributed by atoms with Gasteiger partial charge in [0.05, 0.1) is 22.0 Å². The summed E-state index contributed by atoms with van der Waals surface area (Å²) in [7, 11) is 1.55. The van der Waals surface area contributed by atoms with Gasteiger partial charge in [0.15, 0.2) is 5.82 Å².